The number of ether oxygens (including phenoxy) is 1. The summed E-state index contributed by atoms with van der Waals surface area (Å²) in [7, 11) is 0. The monoisotopic (exact) mass is 276 g/mol. The van der Waals surface area contributed by atoms with Crippen LogP contribution in [0.25, 0.3) is 0 Å². The molecule has 0 heterocycles. The molecule has 0 aliphatic heterocycles. The van der Waals surface area contributed by atoms with E-state index >= 15 is 0 Å². The first-order chi connectivity index (χ1) is 9.69. The quantitative estimate of drug-likeness (QED) is 0.573. The van der Waals surface area contributed by atoms with Gasteiger partial charge in [0.2, 0.25) is 0 Å². The number of carbonyl (C=O) groups is 1. The molecule has 0 amide bonds. The van der Waals surface area contributed by atoms with Crippen molar-refractivity contribution < 1.29 is 9.53 Å². The minimum Gasteiger partial charge on any atom is -0.426 e. The van der Waals surface area contributed by atoms with Crippen molar-refractivity contribution in [1.82, 2.24) is 0 Å². The van der Waals surface area contributed by atoms with Crippen molar-refractivity contribution in [3.63, 3.8) is 0 Å². The van der Waals surface area contributed by atoms with Crippen molar-refractivity contribution in [2.24, 2.45) is 11.8 Å². The highest BCUT2D eigenvalue weighted by Crippen LogP contribution is 2.29. The Bertz CT molecular complexity index is 386. The van der Waals surface area contributed by atoms with E-state index in [1.807, 2.05) is 38.1 Å². The van der Waals surface area contributed by atoms with Gasteiger partial charge in [0.05, 0.1) is 5.92 Å². The molecular weight excluding hydrogens is 248 g/mol. The van der Waals surface area contributed by atoms with E-state index < -0.39 is 0 Å². The van der Waals surface area contributed by atoms with Crippen LogP contribution in [-0.4, -0.2) is 5.97 Å². The van der Waals surface area contributed by atoms with Gasteiger partial charge >= 0.3 is 5.97 Å². The largest absolute Gasteiger partial charge is 0.426 e. The van der Waals surface area contributed by atoms with E-state index in [9.17, 15) is 4.79 Å². The predicted molar refractivity (Wildman–Crippen MR) is 83.9 cm³/mol. The molecule has 2 nitrogen and oxygen atoms in total. The van der Waals surface area contributed by atoms with E-state index in [0.717, 1.165) is 38.0 Å². The Labute approximate surface area is 123 Å². The molecule has 0 N–H and O–H groups in total. The number of carbonyl (C=O) groups excluding carboxylic acids is 1. The molecular formula is C18H28O2. The van der Waals surface area contributed by atoms with Gasteiger partial charge in [-0.1, -0.05) is 39.8 Å². The van der Waals surface area contributed by atoms with Gasteiger partial charge in [0.25, 0.3) is 0 Å². The van der Waals surface area contributed by atoms with Gasteiger partial charge in [-0.25, -0.2) is 0 Å². The standard InChI is InChI=1S/C16H22O2.C2H6/c1-3-13-6-10-15(11-7-13)18-16(17)14-8-4-12(2)5-9-14;1-2/h6-7,10-12,14H,3-5,8-9H2,1-2H3;1-2H3. The Morgan fingerprint density at radius 2 is 1.65 bits per heavy atom. The molecule has 0 atom stereocenters. The number of rotatable bonds is 3. The molecule has 1 aromatic carbocycles. The highest BCUT2D eigenvalue weighted by molar-refractivity contribution is 5.75. The molecule has 1 saturated carbocycles. The Kier molecular flexibility index (Phi) is 7.35. The average Bonchev–Trinajstić information content (AvgIpc) is 2.50. The number of hydrogen-bond acceptors (Lipinski definition) is 2. The molecule has 20 heavy (non-hydrogen) atoms. The zero-order chi connectivity index (χ0) is 15.0. The van der Waals surface area contributed by atoms with Gasteiger partial charge in [0.15, 0.2) is 0 Å². The fraction of sp³-hybridized carbons (Fsp3) is 0.611. The smallest absolute Gasteiger partial charge is 0.314 e. The summed E-state index contributed by atoms with van der Waals surface area (Å²) in [6, 6.07) is 7.82. The highest BCUT2D eigenvalue weighted by atomic mass is 16.5. The predicted octanol–water partition coefficient (Wildman–Crippen LogP) is 5.01. The molecule has 1 aromatic rings. The van der Waals surface area contributed by atoms with Crippen molar-refractivity contribution in [3.05, 3.63) is 29.8 Å². The van der Waals surface area contributed by atoms with Gasteiger partial charge in [-0.05, 0) is 55.7 Å². The van der Waals surface area contributed by atoms with Crippen LogP contribution in [0.4, 0.5) is 0 Å². The number of aryl methyl sites for hydroxylation is 1. The van der Waals surface area contributed by atoms with E-state index in [4.69, 9.17) is 4.74 Å². The number of esters is 1. The third-order valence-electron chi connectivity index (χ3n) is 3.90. The zero-order valence-corrected chi connectivity index (χ0v) is 13.3. The summed E-state index contributed by atoms with van der Waals surface area (Å²) in [5, 5.41) is 0. The summed E-state index contributed by atoms with van der Waals surface area (Å²) in [6.45, 7) is 8.37. The second kappa shape index (κ2) is 8.78. The summed E-state index contributed by atoms with van der Waals surface area (Å²) in [5.74, 6) is 1.49. The van der Waals surface area contributed by atoms with Crippen molar-refractivity contribution in [1.29, 1.82) is 0 Å². The van der Waals surface area contributed by atoms with E-state index in [-0.39, 0.29) is 11.9 Å². The normalized spacial score (nSPS) is 21.6. The van der Waals surface area contributed by atoms with Crippen LogP contribution in [0.3, 0.4) is 0 Å². The van der Waals surface area contributed by atoms with E-state index in [1.54, 1.807) is 0 Å². The van der Waals surface area contributed by atoms with Gasteiger partial charge in [-0.2, -0.15) is 0 Å². The van der Waals surface area contributed by atoms with Crippen molar-refractivity contribution in [2.75, 3.05) is 0 Å². The van der Waals surface area contributed by atoms with Gasteiger partial charge in [-0.15, -0.1) is 0 Å². The fourth-order valence-corrected chi connectivity index (χ4v) is 2.49. The molecule has 1 fully saturated rings. The molecule has 2 heteroatoms. The summed E-state index contributed by atoms with van der Waals surface area (Å²) in [6.07, 6.45) is 5.26. The molecule has 0 aromatic heterocycles. The second-order valence-corrected chi connectivity index (χ2v) is 5.38. The SMILES string of the molecule is CC.CCc1ccc(OC(=O)C2CCC(C)CC2)cc1. The molecule has 0 unspecified atom stereocenters. The van der Waals surface area contributed by atoms with Crippen LogP contribution in [-0.2, 0) is 11.2 Å². The molecule has 0 saturated heterocycles. The van der Waals surface area contributed by atoms with Crippen LogP contribution in [0.1, 0.15) is 58.9 Å². The number of benzene rings is 1. The summed E-state index contributed by atoms with van der Waals surface area (Å²) in [5.41, 5.74) is 1.27. The van der Waals surface area contributed by atoms with Crippen LogP contribution < -0.4 is 4.74 Å². The third-order valence-corrected chi connectivity index (χ3v) is 3.90. The zero-order valence-electron chi connectivity index (χ0n) is 13.3. The van der Waals surface area contributed by atoms with E-state index in [1.165, 1.54) is 5.56 Å². The maximum Gasteiger partial charge on any atom is 0.314 e. The van der Waals surface area contributed by atoms with Gasteiger partial charge in [0.1, 0.15) is 5.75 Å². The first-order valence-electron chi connectivity index (χ1n) is 7.99. The van der Waals surface area contributed by atoms with Gasteiger partial charge < -0.3 is 4.74 Å². The lowest BCUT2D eigenvalue weighted by Crippen LogP contribution is -2.24. The fourth-order valence-electron chi connectivity index (χ4n) is 2.49. The lowest BCUT2D eigenvalue weighted by atomic mass is 9.83. The maximum absolute atomic E-state index is 12.0. The lowest BCUT2D eigenvalue weighted by Gasteiger charge is -2.24. The summed E-state index contributed by atoms with van der Waals surface area (Å²) in [4.78, 5) is 12.0. The number of hydrogen-bond donors (Lipinski definition) is 0. The Balaban J connectivity index is 0.000000956. The molecule has 1 aliphatic carbocycles. The van der Waals surface area contributed by atoms with Crippen LogP contribution in [0.2, 0.25) is 0 Å². The van der Waals surface area contributed by atoms with E-state index in [0.29, 0.717) is 5.75 Å². The van der Waals surface area contributed by atoms with E-state index in [2.05, 4.69) is 13.8 Å². The topological polar surface area (TPSA) is 26.3 Å². The Hall–Kier alpha value is -1.31. The molecule has 0 spiro atoms. The van der Waals surface area contributed by atoms with Gasteiger partial charge in [-0.3, -0.25) is 4.79 Å². The molecule has 1 aliphatic rings. The van der Waals surface area contributed by atoms with Crippen LogP contribution in [0, 0.1) is 11.8 Å². The van der Waals surface area contributed by atoms with Crippen LogP contribution in [0.5, 0.6) is 5.75 Å². The minimum atomic E-state index is -0.0499. The van der Waals surface area contributed by atoms with Crippen molar-refractivity contribution >= 4 is 5.97 Å². The third kappa shape index (κ3) is 4.99. The van der Waals surface area contributed by atoms with Crippen LogP contribution in [0.15, 0.2) is 24.3 Å². The molecule has 0 radical (unpaired) electrons. The second-order valence-electron chi connectivity index (χ2n) is 5.38. The van der Waals surface area contributed by atoms with Crippen LogP contribution >= 0.6 is 0 Å². The van der Waals surface area contributed by atoms with Gasteiger partial charge in [0, 0.05) is 0 Å². The first-order valence-corrected chi connectivity index (χ1v) is 7.99. The summed E-state index contributed by atoms with van der Waals surface area (Å²) < 4.78 is 5.45. The molecule has 112 valence electrons. The van der Waals surface area contributed by atoms with Crippen molar-refractivity contribution in [3.8, 4) is 5.75 Å². The first kappa shape index (κ1) is 16.7. The Morgan fingerprint density at radius 1 is 1.10 bits per heavy atom. The minimum absolute atomic E-state index is 0.0499. The highest BCUT2D eigenvalue weighted by Gasteiger charge is 2.25. The molecule has 0 bridgehead atoms. The molecule has 2 rings (SSSR count). The lowest BCUT2D eigenvalue weighted by molar-refractivity contribution is -0.140. The van der Waals surface area contributed by atoms with Crippen molar-refractivity contribution in [2.45, 2.75) is 59.8 Å². The Morgan fingerprint density at radius 3 is 2.15 bits per heavy atom. The maximum atomic E-state index is 12.0. The average molecular weight is 276 g/mol. The summed E-state index contributed by atoms with van der Waals surface area (Å²) >= 11 is 0.